The van der Waals surface area contributed by atoms with E-state index in [9.17, 15) is 14.9 Å². The van der Waals surface area contributed by atoms with Crippen molar-refractivity contribution in [1.29, 1.82) is 0 Å². The Morgan fingerprint density at radius 2 is 2.42 bits per heavy atom. The normalized spacial score (nSPS) is 19.2. The quantitative estimate of drug-likeness (QED) is 0.630. The second kappa shape index (κ2) is 5.19. The molecule has 102 valence electrons. The summed E-state index contributed by atoms with van der Waals surface area (Å²) in [7, 11) is 0. The Morgan fingerprint density at radius 1 is 1.68 bits per heavy atom. The molecule has 0 spiro atoms. The highest BCUT2D eigenvalue weighted by Gasteiger charge is 2.34. The number of pyridine rings is 1. The van der Waals surface area contributed by atoms with Crippen LogP contribution in [-0.2, 0) is 9.53 Å². The second-order valence-electron chi connectivity index (χ2n) is 4.18. The van der Waals surface area contributed by atoms with Gasteiger partial charge in [0.05, 0.1) is 18.1 Å². The van der Waals surface area contributed by atoms with E-state index in [1.807, 2.05) is 0 Å². The topological polar surface area (TPSA) is 106 Å². The zero-order valence-corrected chi connectivity index (χ0v) is 10.3. The molecule has 1 N–H and O–H groups in total. The molecule has 0 amide bonds. The van der Waals surface area contributed by atoms with Gasteiger partial charge in [0, 0.05) is 18.3 Å². The summed E-state index contributed by atoms with van der Waals surface area (Å²) < 4.78 is 5.11. The van der Waals surface area contributed by atoms with Gasteiger partial charge in [-0.05, 0) is 13.0 Å². The first-order chi connectivity index (χ1) is 9.02. The summed E-state index contributed by atoms with van der Waals surface area (Å²) in [6.45, 7) is 2.16. The van der Waals surface area contributed by atoms with E-state index in [2.05, 4.69) is 4.98 Å². The van der Waals surface area contributed by atoms with Gasteiger partial charge in [-0.3, -0.25) is 10.1 Å². The summed E-state index contributed by atoms with van der Waals surface area (Å²) in [5, 5.41) is 20.3. The van der Waals surface area contributed by atoms with Gasteiger partial charge in [0.15, 0.2) is 6.04 Å². The fraction of sp³-hybridized carbons (Fsp3) is 0.455. The SMILES string of the molecule is Cc1ccnc(N2CCOCC2C(=O)O)c1[N+](=O)[O-]. The fourth-order valence-corrected chi connectivity index (χ4v) is 2.03. The van der Waals surface area contributed by atoms with E-state index in [4.69, 9.17) is 9.84 Å². The summed E-state index contributed by atoms with van der Waals surface area (Å²) in [5.41, 5.74) is 0.293. The molecule has 19 heavy (non-hydrogen) atoms. The molecular formula is C11H13N3O5. The molecule has 1 aliphatic heterocycles. The minimum Gasteiger partial charge on any atom is -0.480 e. The van der Waals surface area contributed by atoms with Gasteiger partial charge in [-0.25, -0.2) is 9.78 Å². The highest BCUT2D eigenvalue weighted by Crippen LogP contribution is 2.31. The van der Waals surface area contributed by atoms with Crippen LogP contribution in [0, 0.1) is 17.0 Å². The van der Waals surface area contributed by atoms with E-state index >= 15 is 0 Å². The Hall–Kier alpha value is -2.22. The van der Waals surface area contributed by atoms with E-state index in [1.165, 1.54) is 17.2 Å². The molecule has 0 saturated carbocycles. The maximum absolute atomic E-state index is 11.2. The summed E-state index contributed by atoms with van der Waals surface area (Å²) in [4.78, 5) is 27.2. The van der Waals surface area contributed by atoms with Crippen molar-refractivity contribution in [2.24, 2.45) is 0 Å². The number of rotatable bonds is 3. The number of hydrogen-bond donors (Lipinski definition) is 1. The number of hydrogen-bond acceptors (Lipinski definition) is 6. The van der Waals surface area contributed by atoms with Gasteiger partial charge in [0.2, 0.25) is 5.82 Å². The van der Waals surface area contributed by atoms with Crippen molar-refractivity contribution >= 4 is 17.5 Å². The van der Waals surface area contributed by atoms with E-state index in [0.29, 0.717) is 12.2 Å². The maximum Gasteiger partial charge on any atom is 0.328 e. The molecule has 1 aliphatic rings. The number of ether oxygens (including phenoxy) is 1. The zero-order valence-electron chi connectivity index (χ0n) is 10.3. The van der Waals surface area contributed by atoms with Gasteiger partial charge in [-0.15, -0.1) is 0 Å². The lowest BCUT2D eigenvalue weighted by atomic mass is 10.2. The Balaban J connectivity index is 2.47. The third-order valence-electron chi connectivity index (χ3n) is 2.97. The predicted octanol–water partition coefficient (Wildman–Crippen LogP) is 0.588. The minimum absolute atomic E-state index is 0.0118. The van der Waals surface area contributed by atoms with Gasteiger partial charge < -0.3 is 14.7 Å². The van der Waals surface area contributed by atoms with Crippen LogP contribution >= 0.6 is 0 Å². The van der Waals surface area contributed by atoms with Crippen LogP contribution in [0.4, 0.5) is 11.5 Å². The number of nitro groups is 1. The van der Waals surface area contributed by atoms with Crippen molar-refractivity contribution < 1.29 is 19.6 Å². The largest absolute Gasteiger partial charge is 0.480 e. The number of aryl methyl sites for hydroxylation is 1. The number of carbonyl (C=O) groups is 1. The molecule has 1 saturated heterocycles. The highest BCUT2D eigenvalue weighted by atomic mass is 16.6. The number of morpholine rings is 1. The minimum atomic E-state index is -1.09. The molecule has 1 atom stereocenters. The van der Waals surface area contributed by atoms with Crippen LogP contribution in [0.15, 0.2) is 12.3 Å². The molecule has 2 heterocycles. The highest BCUT2D eigenvalue weighted by molar-refractivity contribution is 5.80. The molecule has 1 fully saturated rings. The molecule has 0 bridgehead atoms. The molecule has 8 heteroatoms. The van der Waals surface area contributed by atoms with Gasteiger partial charge in [0.1, 0.15) is 0 Å². The average molecular weight is 267 g/mol. The molecule has 0 aromatic carbocycles. The van der Waals surface area contributed by atoms with E-state index in [-0.39, 0.29) is 24.7 Å². The Morgan fingerprint density at radius 3 is 3.05 bits per heavy atom. The number of carboxylic acids is 1. The first-order valence-corrected chi connectivity index (χ1v) is 5.69. The lowest BCUT2D eigenvalue weighted by molar-refractivity contribution is -0.385. The lowest BCUT2D eigenvalue weighted by Gasteiger charge is -2.33. The van der Waals surface area contributed by atoms with Gasteiger partial charge >= 0.3 is 11.7 Å². The Labute approximate surface area is 108 Å². The van der Waals surface area contributed by atoms with Crippen molar-refractivity contribution in [2.75, 3.05) is 24.7 Å². The van der Waals surface area contributed by atoms with Crippen molar-refractivity contribution in [3.63, 3.8) is 0 Å². The molecule has 1 aromatic heterocycles. The summed E-state index contributed by atoms with van der Waals surface area (Å²) in [6.07, 6.45) is 1.44. The number of aromatic nitrogens is 1. The molecular weight excluding hydrogens is 254 g/mol. The van der Waals surface area contributed by atoms with Crippen LogP contribution < -0.4 is 4.90 Å². The van der Waals surface area contributed by atoms with E-state index < -0.39 is 16.9 Å². The van der Waals surface area contributed by atoms with Crippen LogP contribution in [0.25, 0.3) is 0 Å². The molecule has 1 unspecified atom stereocenters. The fourth-order valence-electron chi connectivity index (χ4n) is 2.03. The molecule has 2 rings (SSSR count). The summed E-state index contributed by atoms with van der Waals surface area (Å²) in [6, 6.07) is 0.569. The van der Waals surface area contributed by atoms with Crippen molar-refractivity contribution in [3.8, 4) is 0 Å². The molecule has 8 nitrogen and oxygen atoms in total. The van der Waals surface area contributed by atoms with Crippen LogP contribution in [0.2, 0.25) is 0 Å². The van der Waals surface area contributed by atoms with Crippen LogP contribution in [-0.4, -0.2) is 46.8 Å². The number of carboxylic acid groups (broad SMARTS) is 1. The predicted molar refractivity (Wildman–Crippen MR) is 65.2 cm³/mol. The first-order valence-electron chi connectivity index (χ1n) is 5.69. The first kappa shape index (κ1) is 13.2. The lowest BCUT2D eigenvalue weighted by Crippen LogP contribution is -2.50. The van der Waals surface area contributed by atoms with Gasteiger partial charge in [0.25, 0.3) is 0 Å². The van der Waals surface area contributed by atoms with Crippen molar-refractivity contribution in [2.45, 2.75) is 13.0 Å². The van der Waals surface area contributed by atoms with Crippen LogP contribution in [0.3, 0.4) is 0 Å². The van der Waals surface area contributed by atoms with Gasteiger partial charge in [-0.1, -0.05) is 0 Å². The number of aliphatic carboxylic acids is 1. The van der Waals surface area contributed by atoms with Gasteiger partial charge in [-0.2, -0.15) is 0 Å². The second-order valence-corrected chi connectivity index (χ2v) is 4.18. The monoisotopic (exact) mass is 267 g/mol. The third-order valence-corrected chi connectivity index (χ3v) is 2.97. The third kappa shape index (κ3) is 2.48. The molecule has 0 radical (unpaired) electrons. The molecule has 0 aliphatic carbocycles. The van der Waals surface area contributed by atoms with Crippen LogP contribution in [0.1, 0.15) is 5.56 Å². The number of anilines is 1. The van der Waals surface area contributed by atoms with Crippen molar-refractivity contribution in [1.82, 2.24) is 4.98 Å². The van der Waals surface area contributed by atoms with E-state index in [1.54, 1.807) is 6.92 Å². The Bertz CT molecular complexity index is 519. The van der Waals surface area contributed by atoms with Crippen molar-refractivity contribution in [3.05, 3.63) is 27.9 Å². The average Bonchev–Trinajstić information content (AvgIpc) is 2.37. The Kier molecular flexibility index (Phi) is 3.61. The standard InChI is InChI=1S/C11H13N3O5/c1-7-2-3-12-10(9(7)14(17)18)13-4-5-19-6-8(13)11(15)16/h2-3,8H,4-6H2,1H3,(H,15,16). The van der Waals surface area contributed by atoms with E-state index in [0.717, 1.165) is 0 Å². The zero-order chi connectivity index (χ0) is 14.0. The maximum atomic E-state index is 11.2. The smallest absolute Gasteiger partial charge is 0.328 e. The summed E-state index contributed by atoms with van der Waals surface area (Å²) in [5.74, 6) is -1.00. The summed E-state index contributed by atoms with van der Waals surface area (Å²) >= 11 is 0. The van der Waals surface area contributed by atoms with Crippen LogP contribution in [0.5, 0.6) is 0 Å². The number of nitrogens with zero attached hydrogens (tertiary/aromatic N) is 3. The molecule has 1 aromatic rings.